The Labute approximate surface area is 150 Å². The fraction of sp³-hybridized carbons (Fsp3) is 0.143. The van der Waals surface area contributed by atoms with Gasteiger partial charge in [0.1, 0.15) is 5.69 Å². The lowest BCUT2D eigenvalue weighted by atomic mass is 10.0. The fourth-order valence-electron chi connectivity index (χ4n) is 3.65. The molecule has 3 aromatic heterocycles. The Balaban J connectivity index is 1.66. The van der Waals surface area contributed by atoms with Crippen molar-refractivity contribution in [3.05, 3.63) is 72.2 Å². The summed E-state index contributed by atoms with van der Waals surface area (Å²) in [5.41, 5.74) is 5.56. The van der Waals surface area contributed by atoms with Crippen molar-refractivity contribution in [2.24, 2.45) is 0 Å². The van der Waals surface area contributed by atoms with Crippen molar-refractivity contribution in [2.45, 2.75) is 6.42 Å². The SMILES string of the molecule is O=C(c1cc2ccccc2[nH]1)n1cc(C2=CCNCC2)c2ncccc21. The molecule has 0 fully saturated rings. The molecular weight excluding hydrogens is 324 g/mol. The quantitative estimate of drug-likeness (QED) is 0.585. The highest BCUT2D eigenvalue weighted by Gasteiger charge is 2.20. The highest BCUT2D eigenvalue weighted by molar-refractivity contribution is 6.05. The minimum Gasteiger partial charge on any atom is -0.351 e. The Morgan fingerprint density at radius 2 is 2.08 bits per heavy atom. The van der Waals surface area contributed by atoms with Crippen LogP contribution < -0.4 is 5.32 Å². The number of pyridine rings is 1. The van der Waals surface area contributed by atoms with Gasteiger partial charge in [0.05, 0.1) is 11.0 Å². The molecule has 5 rings (SSSR count). The smallest absolute Gasteiger partial charge is 0.278 e. The molecule has 2 N–H and O–H groups in total. The number of nitrogens with one attached hydrogen (secondary N) is 2. The van der Waals surface area contributed by atoms with Crippen LogP contribution in [0.4, 0.5) is 0 Å². The van der Waals surface area contributed by atoms with E-state index < -0.39 is 0 Å². The predicted molar refractivity (Wildman–Crippen MR) is 103 cm³/mol. The normalized spacial score (nSPS) is 14.7. The Hall–Kier alpha value is -3.18. The van der Waals surface area contributed by atoms with E-state index in [4.69, 9.17) is 0 Å². The molecule has 0 aliphatic carbocycles. The molecule has 0 spiro atoms. The number of benzene rings is 1. The lowest BCUT2D eigenvalue weighted by Gasteiger charge is -2.12. The maximum absolute atomic E-state index is 13.2. The minimum atomic E-state index is -0.0695. The number of hydrogen-bond acceptors (Lipinski definition) is 3. The van der Waals surface area contributed by atoms with Gasteiger partial charge in [-0.1, -0.05) is 24.3 Å². The van der Waals surface area contributed by atoms with Crippen LogP contribution in [0.15, 0.2) is 60.9 Å². The highest BCUT2D eigenvalue weighted by atomic mass is 16.2. The topological polar surface area (TPSA) is 62.7 Å². The summed E-state index contributed by atoms with van der Waals surface area (Å²) in [6, 6.07) is 13.6. The van der Waals surface area contributed by atoms with Crippen LogP contribution in [-0.4, -0.2) is 33.5 Å². The zero-order valence-electron chi connectivity index (χ0n) is 14.2. The molecule has 0 saturated heterocycles. The van der Waals surface area contributed by atoms with E-state index in [0.29, 0.717) is 5.69 Å². The van der Waals surface area contributed by atoms with Crippen LogP contribution in [0.5, 0.6) is 0 Å². The second-order valence-corrected chi connectivity index (χ2v) is 6.54. The molecule has 26 heavy (non-hydrogen) atoms. The number of fused-ring (bicyclic) bond motifs is 2. The Morgan fingerprint density at radius 1 is 1.15 bits per heavy atom. The summed E-state index contributed by atoms with van der Waals surface area (Å²) in [5, 5.41) is 4.36. The van der Waals surface area contributed by atoms with Crippen molar-refractivity contribution < 1.29 is 4.79 Å². The van der Waals surface area contributed by atoms with Crippen LogP contribution in [0.25, 0.3) is 27.5 Å². The standard InChI is InChI=1S/C21H18N4O/c26-21(18-12-15-4-1-2-5-17(15)24-18)25-13-16(14-7-10-22-11-8-14)20-19(25)6-3-9-23-20/h1-7,9,12-13,22,24H,8,10-11H2. The van der Waals surface area contributed by atoms with Gasteiger partial charge in [-0.2, -0.15) is 0 Å². The summed E-state index contributed by atoms with van der Waals surface area (Å²) in [7, 11) is 0. The molecule has 0 bridgehead atoms. The molecule has 1 aliphatic heterocycles. The third-order valence-corrected chi connectivity index (χ3v) is 4.95. The number of carbonyl (C=O) groups is 1. The van der Waals surface area contributed by atoms with Gasteiger partial charge in [-0.05, 0) is 42.8 Å². The van der Waals surface area contributed by atoms with E-state index in [1.165, 1.54) is 5.57 Å². The Kier molecular flexibility index (Phi) is 3.47. The van der Waals surface area contributed by atoms with E-state index in [-0.39, 0.29) is 5.91 Å². The first-order chi connectivity index (χ1) is 12.8. The lowest BCUT2D eigenvalue weighted by Crippen LogP contribution is -2.20. The van der Waals surface area contributed by atoms with Crippen LogP contribution in [0, 0.1) is 0 Å². The maximum Gasteiger partial charge on any atom is 0.278 e. The van der Waals surface area contributed by atoms with E-state index >= 15 is 0 Å². The van der Waals surface area contributed by atoms with Crippen LogP contribution in [-0.2, 0) is 0 Å². The summed E-state index contributed by atoms with van der Waals surface area (Å²) in [5.74, 6) is -0.0695. The zero-order chi connectivity index (χ0) is 17.5. The number of rotatable bonds is 2. The third-order valence-electron chi connectivity index (χ3n) is 4.95. The first kappa shape index (κ1) is 15.1. The molecular formula is C21H18N4O. The van der Waals surface area contributed by atoms with Crippen LogP contribution in [0.3, 0.4) is 0 Å². The summed E-state index contributed by atoms with van der Waals surface area (Å²) >= 11 is 0. The van der Waals surface area contributed by atoms with Crippen molar-refractivity contribution in [1.29, 1.82) is 0 Å². The lowest BCUT2D eigenvalue weighted by molar-refractivity contribution is 0.0961. The van der Waals surface area contributed by atoms with Crippen LogP contribution in [0.2, 0.25) is 0 Å². The molecule has 4 aromatic rings. The number of aromatic amines is 1. The molecule has 5 heteroatoms. The largest absolute Gasteiger partial charge is 0.351 e. The average Bonchev–Trinajstić information content (AvgIpc) is 3.30. The van der Waals surface area contributed by atoms with Crippen molar-refractivity contribution in [3.8, 4) is 0 Å². The molecule has 1 aliphatic rings. The van der Waals surface area contributed by atoms with Crippen molar-refractivity contribution >= 4 is 33.4 Å². The molecule has 0 radical (unpaired) electrons. The number of H-pyrrole nitrogens is 1. The number of hydrogen-bond donors (Lipinski definition) is 2. The molecule has 5 nitrogen and oxygen atoms in total. The predicted octanol–water partition coefficient (Wildman–Crippen LogP) is 3.58. The van der Waals surface area contributed by atoms with Crippen LogP contribution >= 0.6 is 0 Å². The zero-order valence-corrected chi connectivity index (χ0v) is 14.2. The molecule has 128 valence electrons. The van der Waals surface area contributed by atoms with Gasteiger partial charge in [-0.15, -0.1) is 0 Å². The van der Waals surface area contributed by atoms with E-state index in [1.807, 2.05) is 48.7 Å². The number of aromatic nitrogens is 3. The fourth-order valence-corrected chi connectivity index (χ4v) is 3.65. The van der Waals surface area contributed by atoms with E-state index in [0.717, 1.165) is 47.0 Å². The summed E-state index contributed by atoms with van der Waals surface area (Å²) in [4.78, 5) is 21.0. The Bertz CT molecular complexity index is 1130. The molecule has 0 saturated carbocycles. The average molecular weight is 342 g/mol. The van der Waals surface area contributed by atoms with E-state index in [9.17, 15) is 4.79 Å². The molecule has 0 amide bonds. The number of carbonyl (C=O) groups excluding carboxylic acids is 1. The third kappa shape index (κ3) is 2.36. The van der Waals surface area contributed by atoms with Crippen molar-refractivity contribution in [2.75, 3.05) is 13.1 Å². The van der Waals surface area contributed by atoms with Crippen molar-refractivity contribution in [3.63, 3.8) is 0 Å². The molecule has 0 unspecified atom stereocenters. The molecule has 0 atom stereocenters. The highest BCUT2D eigenvalue weighted by Crippen LogP contribution is 2.29. The van der Waals surface area contributed by atoms with E-state index in [2.05, 4.69) is 21.4 Å². The molecule has 1 aromatic carbocycles. The maximum atomic E-state index is 13.2. The van der Waals surface area contributed by atoms with Gasteiger partial charge in [-0.25, -0.2) is 0 Å². The second kappa shape index (κ2) is 5.97. The van der Waals surface area contributed by atoms with Crippen LogP contribution in [0.1, 0.15) is 22.5 Å². The first-order valence-electron chi connectivity index (χ1n) is 8.80. The monoisotopic (exact) mass is 342 g/mol. The summed E-state index contributed by atoms with van der Waals surface area (Å²) < 4.78 is 1.71. The summed E-state index contributed by atoms with van der Waals surface area (Å²) in [6.07, 6.45) is 6.84. The van der Waals surface area contributed by atoms with Gasteiger partial charge < -0.3 is 10.3 Å². The second-order valence-electron chi connectivity index (χ2n) is 6.54. The number of nitrogens with zero attached hydrogens (tertiary/aromatic N) is 2. The van der Waals surface area contributed by atoms with E-state index in [1.54, 1.807) is 10.8 Å². The number of para-hydroxylation sites is 1. The van der Waals surface area contributed by atoms with Crippen molar-refractivity contribution in [1.82, 2.24) is 19.9 Å². The first-order valence-corrected chi connectivity index (χ1v) is 8.80. The summed E-state index contributed by atoms with van der Waals surface area (Å²) in [6.45, 7) is 1.80. The molecule has 4 heterocycles. The van der Waals surface area contributed by atoms with Gasteiger partial charge in [0.25, 0.3) is 5.91 Å². The Morgan fingerprint density at radius 3 is 2.92 bits per heavy atom. The van der Waals surface area contributed by atoms with Gasteiger partial charge in [0.15, 0.2) is 0 Å². The van der Waals surface area contributed by atoms with Gasteiger partial charge in [0, 0.05) is 35.4 Å². The van der Waals surface area contributed by atoms with Gasteiger partial charge in [0.2, 0.25) is 0 Å². The van der Waals surface area contributed by atoms with Gasteiger partial charge >= 0.3 is 0 Å². The minimum absolute atomic E-state index is 0.0695. The van der Waals surface area contributed by atoms with Gasteiger partial charge in [-0.3, -0.25) is 14.3 Å².